The highest BCUT2D eigenvalue weighted by atomic mass is 35.5. The van der Waals surface area contributed by atoms with Crippen molar-refractivity contribution in [2.45, 2.75) is 18.0 Å². The molecule has 0 fully saturated rings. The molecule has 1 aromatic heterocycles. The minimum absolute atomic E-state index is 0.0775. The van der Waals surface area contributed by atoms with Crippen LogP contribution in [0.25, 0.3) is 0 Å². The van der Waals surface area contributed by atoms with Crippen LogP contribution in [0.1, 0.15) is 10.4 Å². The van der Waals surface area contributed by atoms with Crippen LogP contribution >= 0.6 is 11.6 Å². The Labute approximate surface area is 175 Å². The summed E-state index contributed by atoms with van der Waals surface area (Å²) in [5.41, 5.74) is -5.70. The van der Waals surface area contributed by atoms with Crippen molar-refractivity contribution < 1.29 is 31.1 Å². The fourth-order valence-corrected chi connectivity index (χ4v) is 2.30. The van der Waals surface area contributed by atoms with Crippen molar-refractivity contribution in [2.75, 3.05) is 5.32 Å². The van der Waals surface area contributed by atoms with Crippen molar-refractivity contribution in [3.8, 4) is 6.19 Å². The van der Waals surface area contributed by atoms with E-state index in [0.717, 1.165) is 35.8 Å². The minimum atomic E-state index is -6.15. The Morgan fingerprint density at radius 1 is 1.06 bits per heavy atom. The number of pyridine rings is 1. The van der Waals surface area contributed by atoms with Crippen molar-refractivity contribution in [1.29, 1.82) is 5.26 Å². The molecule has 164 valence electrons. The molecule has 0 saturated carbocycles. The summed E-state index contributed by atoms with van der Waals surface area (Å²) in [6.45, 7) is 0. The Morgan fingerprint density at radius 2 is 1.68 bits per heavy atom. The average molecular weight is 465 g/mol. The van der Waals surface area contributed by atoms with E-state index in [9.17, 15) is 31.1 Å². The number of carbonyl (C=O) groups excluding carboxylic acids is 1. The molecular weight excluding hydrogens is 454 g/mol. The van der Waals surface area contributed by atoms with Gasteiger partial charge in [0.1, 0.15) is 0 Å². The smallest absolute Gasteiger partial charge is 0.324 e. The lowest BCUT2D eigenvalue weighted by molar-refractivity contribution is -0.301. The highest BCUT2D eigenvalue weighted by molar-refractivity contribution is 6.30. The first-order chi connectivity index (χ1) is 14.4. The third kappa shape index (κ3) is 5.54. The number of halogens is 7. The second-order valence-corrected chi connectivity index (χ2v) is 6.17. The second-order valence-electron chi connectivity index (χ2n) is 5.73. The normalized spacial score (nSPS) is 12.6. The average Bonchev–Trinajstić information content (AvgIpc) is 2.67. The minimum Gasteiger partial charge on any atom is -0.324 e. The Morgan fingerprint density at radius 3 is 2.16 bits per heavy atom. The van der Waals surface area contributed by atoms with Crippen LogP contribution < -0.4 is 16.0 Å². The lowest BCUT2D eigenvalue weighted by atomic mass is 10.1. The van der Waals surface area contributed by atoms with E-state index in [0.29, 0.717) is 0 Å². The molecule has 0 atom stereocenters. The second kappa shape index (κ2) is 9.09. The van der Waals surface area contributed by atoms with E-state index >= 15 is 0 Å². The largest absolute Gasteiger partial charge is 0.441 e. The van der Waals surface area contributed by atoms with Crippen LogP contribution in [0.2, 0.25) is 5.02 Å². The van der Waals surface area contributed by atoms with E-state index in [4.69, 9.17) is 16.9 Å². The molecule has 1 aromatic carbocycles. The molecule has 3 N–H and O–H groups in total. The van der Waals surface area contributed by atoms with Gasteiger partial charge >= 0.3 is 18.0 Å². The van der Waals surface area contributed by atoms with E-state index in [1.807, 2.05) is 0 Å². The first-order valence-electron chi connectivity index (χ1n) is 8.03. The number of rotatable bonds is 4. The first kappa shape index (κ1) is 23.7. The molecule has 0 spiro atoms. The van der Waals surface area contributed by atoms with Gasteiger partial charge in [0.25, 0.3) is 5.91 Å². The monoisotopic (exact) mass is 464 g/mol. The van der Waals surface area contributed by atoms with Gasteiger partial charge in [-0.15, -0.1) is 0 Å². The van der Waals surface area contributed by atoms with Crippen molar-refractivity contribution in [3.05, 3.63) is 59.4 Å². The third-order valence-electron chi connectivity index (χ3n) is 3.60. The molecule has 14 heteroatoms. The van der Waals surface area contributed by atoms with Crippen molar-refractivity contribution in [3.63, 3.8) is 0 Å². The zero-order valence-electron chi connectivity index (χ0n) is 15.0. The van der Waals surface area contributed by atoms with Crippen molar-refractivity contribution in [1.82, 2.24) is 15.6 Å². The number of nitrogens with one attached hydrogen (secondary N) is 3. The fraction of sp³-hybridized carbons (Fsp3) is 0.176. The number of aliphatic imine (C=N–C) groups is 1. The number of hydrogen-bond donors (Lipinski definition) is 3. The first-order valence-corrected chi connectivity index (χ1v) is 8.41. The Kier molecular flexibility index (Phi) is 6.96. The van der Waals surface area contributed by atoms with Crippen LogP contribution in [0.5, 0.6) is 0 Å². The zero-order valence-corrected chi connectivity index (χ0v) is 15.8. The van der Waals surface area contributed by atoms with Gasteiger partial charge in [0.2, 0.25) is 5.96 Å². The molecule has 0 saturated heterocycles. The number of nitriles is 1. The standard InChI is InChI=1S/C17H11ClF6N6O/c18-11-5-3-10(4-6-11)13(31)29-15(16(19,20)21,17(22,23)24)30-14(27-9-25)28-12-2-1-7-26-8-12/h1-8H,(H,29,31)(H2,27,28,30). The molecule has 0 bridgehead atoms. The van der Waals surface area contributed by atoms with Crippen LogP contribution in [0.15, 0.2) is 53.8 Å². The van der Waals surface area contributed by atoms with E-state index in [2.05, 4.69) is 15.3 Å². The number of carbonyl (C=O) groups is 1. The summed E-state index contributed by atoms with van der Waals surface area (Å²) >= 11 is 5.61. The lowest BCUT2D eigenvalue weighted by Gasteiger charge is -2.34. The van der Waals surface area contributed by atoms with Gasteiger partial charge in [0.05, 0.1) is 11.9 Å². The molecule has 0 aliphatic rings. The van der Waals surface area contributed by atoms with Crippen LogP contribution in [-0.4, -0.2) is 34.9 Å². The SMILES string of the molecule is N#CN/C(=N/C(NC(=O)c1ccc(Cl)cc1)(C(F)(F)F)C(F)(F)F)Nc1cccnc1. The van der Waals surface area contributed by atoms with Crippen LogP contribution in [0, 0.1) is 11.5 Å². The van der Waals surface area contributed by atoms with Gasteiger partial charge in [-0.3, -0.25) is 15.1 Å². The van der Waals surface area contributed by atoms with Gasteiger partial charge in [-0.1, -0.05) is 11.6 Å². The van der Waals surface area contributed by atoms with Gasteiger partial charge < -0.3 is 10.6 Å². The number of amides is 1. The highest BCUT2D eigenvalue weighted by Crippen LogP contribution is 2.44. The highest BCUT2D eigenvalue weighted by Gasteiger charge is 2.73. The van der Waals surface area contributed by atoms with Gasteiger partial charge in [-0.2, -0.15) is 31.6 Å². The number of benzene rings is 1. The van der Waals surface area contributed by atoms with Crippen LogP contribution in [-0.2, 0) is 0 Å². The molecule has 2 aromatic rings. The van der Waals surface area contributed by atoms with E-state index in [-0.39, 0.29) is 10.7 Å². The third-order valence-corrected chi connectivity index (χ3v) is 3.85. The maximum absolute atomic E-state index is 13.7. The molecule has 7 nitrogen and oxygen atoms in total. The summed E-state index contributed by atoms with van der Waals surface area (Å²) in [6.07, 6.45) is -8.76. The van der Waals surface area contributed by atoms with Crippen LogP contribution in [0.4, 0.5) is 32.0 Å². The molecule has 0 unspecified atom stereocenters. The summed E-state index contributed by atoms with van der Waals surface area (Å²) in [7, 11) is 0. The molecule has 1 heterocycles. The Hall–Kier alpha value is -3.53. The maximum atomic E-state index is 13.7. The van der Waals surface area contributed by atoms with Crippen molar-refractivity contribution >= 4 is 29.2 Å². The summed E-state index contributed by atoms with van der Waals surface area (Å²) < 4.78 is 82.4. The number of anilines is 1. The number of aromatic nitrogens is 1. The van der Waals surface area contributed by atoms with Crippen molar-refractivity contribution in [2.24, 2.45) is 4.99 Å². The van der Waals surface area contributed by atoms with E-state index < -0.39 is 35.4 Å². The molecule has 0 aliphatic carbocycles. The number of hydrogen-bond acceptors (Lipinski definition) is 4. The summed E-state index contributed by atoms with van der Waals surface area (Å²) in [5, 5.41) is 13.4. The topological polar surface area (TPSA) is 102 Å². The molecule has 2 rings (SSSR count). The van der Waals surface area contributed by atoms with Gasteiger partial charge in [0, 0.05) is 16.8 Å². The summed E-state index contributed by atoms with van der Waals surface area (Å²) in [5.74, 6) is -2.96. The zero-order chi connectivity index (χ0) is 23.3. The number of alkyl halides is 6. The quantitative estimate of drug-likeness (QED) is 0.210. The van der Waals surface area contributed by atoms with Gasteiger partial charge in [0.15, 0.2) is 6.19 Å². The Balaban J connectivity index is 2.59. The predicted octanol–water partition coefficient (Wildman–Crippen LogP) is 3.82. The molecular formula is C17H11ClF6N6O. The molecule has 0 radical (unpaired) electrons. The van der Waals surface area contributed by atoms with Gasteiger partial charge in [-0.05, 0) is 36.4 Å². The predicted molar refractivity (Wildman–Crippen MR) is 97.8 cm³/mol. The van der Waals surface area contributed by atoms with Gasteiger partial charge in [-0.25, -0.2) is 4.99 Å². The molecule has 31 heavy (non-hydrogen) atoms. The number of guanidine groups is 1. The van der Waals surface area contributed by atoms with Crippen LogP contribution in [0.3, 0.4) is 0 Å². The summed E-state index contributed by atoms with van der Waals surface area (Å²) in [6, 6.07) is 6.65. The van der Waals surface area contributed by atoms with E-state index in [1.165, 1.54) is 24.5 Å². The lowest BCUT2D eigenvalue weighted by Crippen LogP contribution is -2.67. The molecule has 0 aliphatic heterocycles. The molecule has 1 amide bonds. The fourth-order valence-electron chi connectivity index (χ4n) is 2.18. The summed E-state index contributed by atoms with van der Waals surface area (Å²) in [4.78, 5) is 18.5. The van der Waals surface area contributed by atoms with E-state index in [1.54, 1.807) is 5.32 Å². The maximum Gasteiger partial charge on any atom is 0.441 e. The number of nitrogens with zero attached hydrogens (tertiary/aromatic N) is 3. The Bertz CT molecular complexity index is 971.